The van der Waals surface area contributed by atoms with E-state index in [1.54, 1.807) is 55.3 Å². The average molecular weight is 556 g/mol. The van der Waals surface area contributed by atoms with Gasteiger partial charge < -0.3 is 45.1 Å². The van der Waals surface area contributed by atoms with Crippen LogP contribution in [0.25, 0.3) is 0 Å². The quantitative estimate of drug-likeness (QED) is 0.411. The smallest absolute Gasteiger partial charge is 0.323 e. The van der Waals surface area contributed by atoms with Gasteiger partial charge >= 0.3 is 12.1 Å². The van der Waals surface area contributed by atoms with Crippen LogP contribution < -0.4 is 30.2 Å². The maximum atomic E-state index is 13.6. The summed E-state index contributed by atoms with van der Waals surface area (Å²) in [6, 6.07) is 8.67. The van der Waals surface area contributed by atoms with E-state index in [1.165, 1.54) is 4.90 Å². The molecular weight excluding hydrogens is 518 g/mol. The first-order valence-electron chi connectivity index (χ1n) is 13.3. The zero-order valence-corrected chi connectivity index (χ0v) is 23.4. The molecule has 2 aromatic rings. The number of nitrogens with zero attached hydrogens (tertiary/aromatic N) is 2. The van der Waals surface area contributed by atoms with Gasteiger partial charge in [-0.15, -0.1) is 0 Å². The first-order chi connectivity index (χ1) is 19.1. The molecule has 2 aliphatic heterocycles. The topological polar surface area (TPSA) is 142 Å². The molecule has 0 unspecified atom stereocenters. The molecule has 12 nitrogen and oxygen atoms in total. The number of urea groups is 2. The monoisotopic (exact) mass is 555 g/mol. The van der Waals surface area contributed by atoms with E-state index in [2.05, 4.69) is 16.0 Å². The lowest BCUT2D eigenvalue weighted by Crippen LogP contribution is -2.51. The Morgan fingerprint density at radius 1 is 1.12 bits per heavy atom. The van der Waals surface area contributed by atoms with Gasteiger partial charge in [0.15, 0.2) is 17.2 Å². The van der Waals surface area contributed by atoms with E-state index in [-0.39, 0.29) is 60.8 Å². The zero-order valence-electron chi connectivity index (χ0n) is 23.4. The number of aliphatic hydroxyl groups excluding tert-OH is 1. The van der Waals surface area contributed by atoms with Crippen molar-refractivity contribution in [3.63, 3.8) is 0 Å². The van der Waals surface area contributed by atoms with Crippen molar-refractivity contribution in [1.29, 1.82) is 0 Å². The Labute approximate surface area is 233 Å². The van der Waals surface area contributed by atoms with Crippen molar-refractivity contribution in [3.8, 4) is 17.2 Å². The van der Waals surface area contributed by atoms with Crippen molar-refractivity contribution < 1.29 is 33.7 Å². The van der Waals surface area contributed by atoms with Crippen LogP contribution in [0.3, 0.4) is 0 Å². The number of hydrogen-bond donors (Lipinski definition) is 4. The second-order valence-corrected chi connectivity index (χ2v) is 10.4. The number of ether oxygens (including phenoxy) is 3. The molecule has 0 aliphatic carbocycles. The molecule has 0 bridgehead atoms. The van der Waals surface area contributed by atoms with Crippen LogP contribution in [0.2, 0.25) is 0 Å². The highest BCUT2D eigenvalue weighted by Crippen LogP contribution is 2.36. The highest BCUT2D eigenvalue weighted by atomic mass is 16.7. The molecule has 3 atom stereocenters. The predicted molar refractivity (Wildman–Crippen MR) is 149 cm³/mol. The Morgan fingerprint density at radius 2 is 1.88 bits per heavy atom. The Morgan fingerprint density at radius 3 is 2.60 bits per heavy atom. The molecule has 5 amide bonds. The number of para-hydroxylation sites is 1. The lowest BCUT2D eigenvalue weighted by molar-refractivity contribution is 0.0368. The van der Waals surface area contributed by atoms with Crippen LogP contribution in [0.15, 0.2) is 36.4 Å². The van der Waals surface area contributed by atoms with Crippen LogP contribution in [0.1, 0.15) is 38.1 Å². The highest BCUT2D eigenvalue weighted by molar-refractivity contribution is 6.04. The number of aliphatic hydroxyl groups is 1. The molecule has 0 aromatic heterocycles. The van der Waals surface area contributed by atoms with Crippen molar-refractivity contribution in [3.05, 3.63) is 42.0 Å². The molecule has 0 fully saturated rings. The largest absolute Gasteiger partial charge is 0.485 e. The number of anilines is 2. The molecular formula is C28H37N5O7. The summed E-state index contributed by atoms with van der Waals surface area (Å²) in [5, 5.41) is 18.3. The molecule has 0 saturated heterocycles. The summed E-state index contributed by atoms with van der Waals surface area (Å²) >= 11 is 0. The van der Waals surface area contributed by atoms with E-state index in [4.69, 9.17) is 14.2 Å². The normalized spacial score (nSPS) is 18.7. The van der Waals surface area contributed by atoms with Gasteiger partial charge in [-0.05, 0) is 45.0 Å². The summed E-state index contributed by atoms with van der Waals surface area (Å²) in [6.07, 6.45) is -0.525. The SMILES string of the molecule is CC(C)NC(=O)N(C)C[C@H]1Oc2c(NC(=O)Nc3ccc4c(c3)OCO4)cccc2C(=O)N([C@@H](C)CO)C[C@H]1C. The Bertz CT molecular complexity index is 1250. The van der Waals surface area contributed by atoms with Crippen LogP contribution in [0.4, 0.5) is 21.0 Å². The Kier molecular flexibility index (Phi) is 8.88. The van der Waals surface area contributed by atoms with Gasteiger partial charge in [0.1, 0.15) is 6.10 Å². The zero-order chi connectivity index (χ0) is 29.0. The molecule has 2 aromatic carbocycles. The van der Waals surface area contributed by atoms with E-state index in [9.17, 15) is 19.5 Å². The summed E-state index contributed by atoms with van der Waals surface area (Å²) in [4.78, 5) is 42.4. The maximum Gasteiger partial charge on any atom is 0.323 e. The molecule has 4 rings (SSSR count). The number of carbonyl (C=O) groups excluding carboxylic acids is 3. The van der Waals surface area contributed by atoms with E-state index in [0.29, 0.717) is 23.7 Å². The van der Waals surface area contributed by atoms with Crippen molar-refractivity contribution in [2.45, 2.75) is 45.9 Å². The molecule has 0 saturated carbocycles. The minimum atomic E-state index is -0.552. The number of carbonyl (C=O) groups is 3. The standard InChI is InChI=1S/C28H37N5O7/c1-16(2)29-28(37)32(5)13-24-17(3)12-33(18(4)14-34)26(35)20-7-6-8-21(25(20)40-24)31-27(36)30-19-9-10-22-23(11-19)39-15-38-22/h6-11,16-18,24,34H,12-15H2,1-5H3,(H,29,37)(H2,30,31,36)/t17-,18+,24-/m1/s1. The van der Waals surface area contributed by atoms with Gasteiger partial charge in [-0.25, -0.2) is 9.59 Å². The third-order valence-corrected chi connectivity index (χ3v) is 6.78. The maximum absolute atomic E-state index is 13.6. The summed E-state index contributed by atoms with van der Waals surface area (Å²) in [5.41, 5.74) is 1.02. The van der Waals surface area contributed by atoms with Crippen LogP contribution >= 0.6 is 0 Å². The number of rotatable bonds is 7. The van der Waals surface area contributed by atoms with Gasteiger partial charge in [-0.2, -0.15) is 0 Å². The number of nitrogens with one attached hydrogen (secondary N) is 3. The fourth-order valence-electron chi connectivity index (χ4n) is 4.53. The lowest BCUT2D eigenvalue weighted by Gasteiger charge is -2.38. The molecule has 40 heavy (non-hydrogen) atoms. The first kappa shape index (κ1) is 28.8. The Balaban J connectivity index is 1.62. The minimum absolute atomic E-state index is 0.0380. The molecule has 2 aliphatic rings. The second-order valence-electron chi connectivity index (χ2n) is 10.4. The van der Waals surface area contributed by atoms with E-state index in [1.807, 2.05) is 20.8 Å². The first-order valence-corrected chi connectivity index (χ1v) is 13.3. The van der Waals surface area contributed by atoms with Gasteiger partial charge in [-0.3, -0.25) is 4.79 Å². The number of hydrogen-bond acceptors (Lipinski definition) is 7. The summed E-state index contributed by atoms with van der Waals surface area (Å²) in [6.45, 7) is 7.89. The van der Waals surface area contributed by atoms with E-state index in [0.717, 1.165) is 0 Å². The average Bonchev–Trinajstić information content (AvgIpc) is 3.38. The van der Waals surface area contributed by atoms with Crippen molar-refractivity contribution in [2.75, 3.05) is 44.2 Å². The van der Waals surface area contributed by atoms with Crippen LogP contribution in [-0.2, 0) is 0 Å². The van der Waals surface area contributed by atoms with E-state index >= 15 is 0 Å². The van der Waals surface area contributed by atoms with E-state index < -0.39 is 18.2 Å². The van der Waals surface area contributed by atoms with Gasteiger partial charge in [0.05, 0.1) is 30.4 Å². The summed E-state index contributed by atoms with van der Waals surface area (Å²) < 4.78 is 17.1. The number of likely N-dealkylation sites (N-methyl/N-ethyl adjacent to an activating group) is 1. The number of fused-ring (bicyclic) bond motifs is 2. The van der Waals surface area contributed by atoms with Crippen LogP contribution in [0.5, 0.6) is 17.2 Å². The van der Waals surface area contributed by atoms with Crippen LogP contribution in [-0.4, -0.2) is 84.6 Å². The molecule has 2 heterocycles. The fraction of sp³-hybridized carbons (Fsp3) is 0.464. The van der Waals surface area contributed by atoms with Gasteiger partial charge in [0.2, 0.25) is 6.79 Å². The lowest BCUT2D eigenvalue weighted by atomic mass is 9.99. The van der Waals surface area contributed by atoms with Crippen molar-refractivity contribution >= 4 is 29.3 Å². The molecule has 12 heteroatoms. The van der Waals surface area contributed by atoms with Crippen molar-refractivity contribution in [2.24, 2.45) is 5.92 Å². The predicted octanol–water partition coefficient (Wildman–Crippen LogP) is 3.33. The highest BCUT2D eigenvalue weighted by Gasteiger charge is 2.35. The number of benzene rings is 2. The van der Waals surface area contributed by atoms with Crippen LogP contribution in [0, 0.1) is 5.92 Å². The molecule has 0 radical (unpaired) electrons. The minimum Gasteiger partial charge on any atom is -0.485 e. The summed E-state index contributed by atoms with van der Waals surface area (Å²) in [7, 11) is 1.68. The Hall–Kier alpha value is -4.19. The molecule has 4 N–H and O–H groups in total. The third kappa shape index (κ3) is 6.50. The second kappa shape index (κ2) is 12.3. The molecule has 216 valence electrons. The summed E-state index contributed by atoms with van der Waals surface area (Å²) in [5.74, 6) is 0.773. The fourth-order valence-corrected chi connectivity index (χ4v) is 4.53. The van der Waals surface area contributed by atoms with Gasteiger partial charge in [0.25, 0.3) is 5.91 Å². The molecule has 0 spiro atoms. The third-order valence-electron chi connectivity index (χ3n) is 6.78. The van der Waals surface area contributed by atoms with Crippen molar-refractivity contribution in [1.82, 2.24) is 15.1 Å². The number of amides is 5. The van der Waals surface area contributed by atoms with Gasteiger partial charge in [0, 0.05) is 37.3 Å². The van der Waals surface area contributed by atoms with Gasteiger partial charge in [-0.1, -0.05) is 13.0 Å².